The zero-order chi connectivity index (χ0) is 16.0. The van der Waals surface area contributed by atoms with Crippen molar-refractivity contribution in [2.75, 3.05) is 6.54 Å². The highest BCUT2D eigenvalue weighted by Crippen LogP contribution is 2.12. The quantitative estimate of drug-likeness (QED) is 0.604. The lowest BCUT2D eigenvalue weighted by atomic mass is 10.1. The van der Waals surface area contributed by atoms with Gasteiger partial charge in [0.1, 0.15) is 0 Å². The van der Waals surface area contributed by atoms with Gasteiger partial charge in [-0.3, -0.25) is 4.79 Å². The molecule has 0 aliphatic carbocycles. The van der Waals surface area contributed by atoms with Crippen molar-refractivity contribution < 1.29 is 4.79 Å². The Balaban J connectivity index is 2.10. The molecule has 1 aromatic rings. The summed E-state index contributed by atoms with van der Waals surface area (Å²) in [5.74, 6) is 0.113. The van der Waals surface area contributed by atoms with E-state index in [9.17, 15) is 4.79 Å². The second kappa shape index (κ2) is 12.0. The van der Waals surface area contributed by atoms with E-state index < -0.39 is 0 Å². The lowest BCUT2D eigenvalue weighted by Gasteiger charge is -2.04. The zero-order valence-corrected chi connectivity index (χ0v) is 14.1. The highest BCUT2D eigenvalue weighted by Gasteiger charge is 1.99. The van der Waals surface area contributed by atoms with Crippen molar-refractivity contribution >= 4 is 17.5 Å². The predicted octanol–water partition coefficient (Wildman–Crippen LogP) is 4.99. The Hall–Kier alpha value is -1.54. The van der Waals surface area contributed by atoms with Crippen LogP contribution in [0.4, 0.5) is 0 Å². The van der Waals surface area contributed by atoms with Crippen LogP contribution in [0, 0.1) is 0 Å². The van der Waals surface area contributed by atoms with Gasteiger partial charge in [0, 0.05) is 18.5 Å². The summed E-state index contributed by atoms with van der Waals surface area (Å²) >= 11 is 5.76. The van der Waals surface area contributed by atoms with Crippen LogP contribution in [-0.4, -0.2) is 12.5 Å². The van der Waals surface area contributed by atoms with Crippen LogP contribution in [0.2, 0.25) is 0 Å². The summed E-state index contributed by atoms with van der Waals surface area (Å²) in [6, 6.07) is 10.2. The van der Waals surface area contributed by atoms with E-state index in [1.165, 1.54) is 11.1 Å². The maximum Gasteiger partial charge on any atom is 0.220 e. The van der Waals surface area contributed by atoms with Crippen molar-refractivity contribution in [2.45, 2.75) is 45.4 Å². The minimum absolute atomic E-state index is 0.113. The first kappa shape index (κ1) is 18.5. The average Bonchev–Trinajstić information content (AvgIpc) is 2.54. The number of hydrogen-bond donors (Lipinski definition) is 1. The molecule has 2 nitrogen and oxygen atoms in total. The van der Waals surface area contributed by atoms with Crippen LogP contribution in [0.15, 0.2) is 53.6 Å². The minimum Gasteiger partial charge on any atom is -0.356 e. The van der Waals surface area contributed by atoms with Crippen LogP contribution in [0.1, 0.15) is 44.6 Å². The number of allylic oxidation sites excluding steroid dienone is 3. The lowest BCUT2D eigenvalue weighted by Crippen LogP contribution is -2.25. The van der Waals surface area contributed by atoms with E-state index in [0.29, 0.717) is 13.0 Å². The number of amides is 1. The predicted molar refractivity (Wildman–Crippen MR) is 95.0 cm³/mol. The highest BCUT2D eigenvalue weighted by molar-refractivity contribution is 6.25. The minimum atomic E-state index is 0.113. The van der Waals surface area contributed by atoms with Crippen LogP contribution in [0.5, 0.6) is 0 Å². The molecule has 0 atom stereocenters. The number of rotatable bonds is 10. The topological polar surface area (TPSA) is 29.1 Å². The summed E-state index contributed by atoms with van der Waals surface area (Å²) in [5.41, 5.74) is 4.16. The van der Waals surface area contributed by atoms with Crippen molar-refractivity contribution in [2.24, 2.45) is 0 Å². The van der Waals surface area contributed by atoms with Gasteiger partial charge < -0.3 is 5.32 Å². The van der Waals surface area contributed by atoms with E-state index in [4.69, 9.17) is 11.6 Å². The maximum atomic E-state index is 11.7. The summed E-state index contributed by atoms with van der Waals surface area (Å²) in [6.45, 7) is 2.84. The van der Waals surface area contributed by atoms with E-state index in [0.717, 1.165) is 32.1 Å². The number of hydrogen-bond acceptors (Lipinski definition) is 1. The van der Waals surface area contributed by atoms with E-state index >= 15 is 0 Å². The van der Waals surface area contributed by atoms with Gasteiger partial charge in [-0.2, -0.15) is 0 Å². The number of carbonyl (C=O) groups excluding carboxylic acids is 1. The second-order valence-corrected chi connectivity index (χ2v) is 5.54. The van der Waals surface area contributed by atoms with Gasteiger partial charge in [0.2, 0.25) is 5.91 Å². The fourth-order valence-electron chi connectivity index (χ4n) is 2.17. The summed E-state index contributed by atoms with van der Waals surface area (Å²) in [6.07, 6.45) is 9.38. The molecule has 0 spiro atoms. The molecular weight excluding hydrogens is 294 g/mol. The zero-order valence-electron chi connectivity index (χ0n) is 13.4. The van der Waals surface area contributed by atoms with Gasteiger partial charge in [0.25, 0.3) is 0 Å². The van der Waals surface area contributed by atoms with E-state index in [2.05, 4.69) is 36.5 Å². The van der Waals surface area contributed by atoms with Crippen LogP contribution >= 0.6 is 11.6 Å². The third-order valence-electron chi connectivity index (χ3n) is 3.39. The number of halogens is 1. The van der Waals surface area contributed by atoms with Crippen LogP contribution in [0.25, 0.3) is 0 Å². The Bertz CT molecular complexity index is 479. The van der Waals surface area contributed by atoms with Gasteiger partial charge in [0.05, 0.1) is 0 Å². The fourth-order valence-corrected chi connectivity index (χ4v) is 2.37. The van der Waals surface area contributed by atoms with E-state index in [-0.39, 0.29) is 5.91 Å². The van der Waals surface area contributed by atoms with Gasteiger partial charge in [-0.25, -0.2) is 0 Å². The maximum absolute atomic E-state index is 11.7. The highest BCUT2D eigenvalue weighted by atomic mass is 35.5. The van der Waals surface area contributed by atoms with Crippen molar-refractivity contribution in [3.63, 3.8) is 0 Å². The summed E-state index contributed by atoms with van der Waals surface area (Å²) in [7, 11) is 0. The molecule has 0 aliphatic rings. The van der Waals surface area contributed by atoms with E-state index in [1.807, 2.05) is 18.2 Å². The second-order valence-electron chi connectivity index (χ2n) is 5.32. The smallest absolute Gasteiger partial charge is 0.220 e. The van der Waals surface area contributed by atoms with Crippen molar-refractivity contribution in [1.29, 1.82) is 0 Å². The van der Waals surface area contributed by atoms with Crippen molar-refractivity contribution in [1.82, 2.24) is 5.32 Å². The largest absolute Gasteiger partial charge is 0.356 e. The first-order valence-corrected chi connectivity index (χ1v) is 8.43. The molecule has 0 heterocycles. The van der Waals surface area contributed by atoms with Crippen LogP contribution in [-0.2, 0) is 11.2 Å². The fraction of sp³-hybridized carbons (Fsp3) is 0.421. The molecule has 22 heavy (non-hydrogen) atoms. The van der Waals surface area contributed by atoms with Crippen LogP contribution in [0.3, 0.4) is 0 Å². The molecule has 120 valence electrons. The van der Waals surface area contributed by atoms with Crippen molar-refractivity contribution in [3.8, 4) is 0 Å². The van der Waals surface area contributed by atoms with Gasteiger partial charge in [0.15, 0.2) is 0 Å². The molecule has 0 saturated heterocycles. The van der Waals surface area contributed by atoms with Gasteiger partial charge in [-0.15, -0.1) is 0 Å². The normalized spacial score (nSPS) is 11.8. The molecule has 0 bridgehead atoms. The standard InChI is InChI=1S/C19H26ClNO/c1-2-9-18(16-20)12-7-4-8-13-19(22)21-15-14-17-10-5-3-6-11-17/h3-7,10-11,16H,2,8-9,12-15H2,1H3,(H,21,22). The molecule has 0 aliphatic heterocycles. The average molecular weight is 320 g/mol. The molecule has 1 amide bonds. The Labute approximate surface area is 139 Å². The Morgan fingerprint density at radius 1 is 1.18 bits per heavy atom. The van der Waals surface area contributed by atoms with Crippen LogP contribution < -0.4 is 5.32 Å². The molecule has 1 N–H and O–H groups in total. The molecular formula is C19H26ClNO. The summed E-state index contributed by atoms with van der Waals surface area (Å²) in [5, 5.41) is 2.96. The van der Waals surface area contributed by atoms with Gasteiger partial charge in [-0.05, 0) is 31.2 Å². The SMILES string of the molecule is CCCC(=CCl)CC=CCCC(=O)NCCc1ccccc1. The summed E-state index contributed by atoms with van der Waals surface area (Å²) in [4.78, 5) is 11.7. The molecule has 3 heteroatoms. The Morgan fingerprint density at radius 3 is 2.64 bits per heavy atom. The molecule has 0 aromatic heterocycles. The third kappa shape index (κ3) is 8.68. The monoisotopic (exact) mass is 319 g/mol. The molecule has 1 aromatic carbocycles. The Kier molecular flexibility index (Phi) is 10.1. The number of benzene rings is 1. The third-order valence-corrected chi connectivity index (χ3v) is 3.70. The first-order chi connectivity index (χ1) is 10.8. The van der Waals surface area contributed by atoms with Crippen molar-refractivity contribution in [3.05, 3.63) is 59.2 Å². The molecule has 0 saturated carbocycles. The Morgan fingerprint density at radius 2 is 1.95 bits per heavy atom. The first-order valence-electron chi connectivity index (χ1n) is 8.00. The van der Waals surface area contributed by atoms with Gasteiger partial charge >= 0.3 is 0 Å². The number of carbonyl (C=O) groups is 1. The molecule has 0 radical (unpaired) electrons. The lowest BCUT2D eigenvalue weighted by molar-refractivity contribution is -0.120. The molecule has 0 fully saturated rings. The van der Waals surface area contributed by atoms with Gasteiger partial charge in [-0.1, -0.05) is 73.0 Å². The molecule has 0 unspecified atom stereocenters. The van der Waals surface area contributed by atoms with E-state index in [1.54, 1.807) is 5.54 Å². The number of nitrogens with one attached hydrogen (secondary N) is 1. The molecule has 1 rings (SSSR count). The summed E-state index contributed by atoms with van der Waals surface area (Å²) < 4.78 is 0.